The van der Waals surface area contributed by atoms with E-state index in [4.69, 9.17) is 4.74 Å². The molecule has 0 saturated carbocycles. The van der Waals surface area contributed by atoms with E-state index in [-0.39, 0.29) is 0 Å². The lowest BCUT2D eigenvalue weighted by atomic mass is 10.1. The Kier molecular flexibility index (Phi) is 3.18. The van der Waals surface area contributed by atoms with Crippen LogP contribution in [0.3, 0.4) is 0 Å². The summed E-state index contributed by atoms with van der Waals surface area (Å²) in [5.74, 6) is 0. The quantitative estimate of drug-likeness (QED) is 0.469. The largest absolute Gasteiger partial charge is 0.409 e. The third-order valence-corrected chi connectivity index (χ3v) is 3.25. The van der Waals surface area contributed by atoms with Gasteiger partial charge in [0.15, 0.2) is 0 Å². The van der Waals surface area contributed by atoms with Gasteiger partial charge in [-0.25, -0.2) is 0 Å². The van der Waals surface area contributed by atoms with Crippen LogP contribution in [-0.4, -0.2) is 28.2 Å². The third-order valence-electron chi connectivity index (χ3n) is 2.12. The molecule has 13 heavy (non-hydrogen) atoms. The fraction of sp³-hybridized carbons (Fsp3) is 0.750. The zero-order valence-electron chi connectivity index (χ0n) is 7.53. The van der Waals surface area contributed by atoms with Crippen LogP contribution < -0.4 is 0 Å². The summed E-state index contributed by atoms with van der Waals surface area (Å²) in [7, 11) is 0.614. The van der Waals surface area contributed by atoms with Crippen molar-refractivity contribution >= 4 is 10.2 Å². The van der Waals surface area contributed by atoms with Crippen LogP contribution in [0, 0.1) is 0 Å². The van der Waals surface area contributed by atoms with E-state index in [9.17, 15) is 13.2 Å². The molecule has 1 fully saturated rings. The fourth-order valence-corrected chi connectivity index (χ4v) is 2.08. The van der Waals surface area contributed by atoms with Crippen LogP contribution in [0.5, 0.6) is 0 Å². The predicted molar refractivity (Wildman–Crippen MR) is 47.7 cm³/mol. The van der Waals surface area contributed by atoms with Gasteiger partial charge in [0, 0.05) is 22.9 Å². The molecule has 0 amide bonds. The molecule has 0 aromatic heterocycles. The summed E-state index contributed by atoms with van der Waals surface area (Å²) in [5, 5.41) is -0.576. The average Bonchev–Trinajstić information content (AvgIpc) is 2.02. The lowest BCUT2D eigenvalue weighted by Crippen LogP contribution is -2.34. The van der Waals surface area contributed by atoms with Crippen LogP contribution in [0.15, 0.2) is 12.2 Å². The number of rotatable bonds is 1. The third kappa shape index (κ3) is 3.95. The molecule has 76 valence electrons. The average molecular weight is 210 g/mol. The topological polar surface area (TPSA) is 9.23 Å². The molecule has 1 nitrogen and oxygen atoms in total. The summed E-state index contributed by atoms with van der Waals surface area (Å²) in [5.41, 5.74) is 0. The second-order valence-corrected chi connectivity index (χ2v) is 5.19. The highest BCUT2D eigenvalue weighted by Gasteiger charge is 2.28. The second kappa shape index (κ2) is 3.83. The minimum absolute atomic E-state index is 0.297. The Labute approximate surface area is 78.4 Å². The van der Waals surface area contributed by atoms with Gasteiger partial charge in [-0.05, 0) is 19.3 Å². The molecule has 1 aliphatic heterocycles. The van der Waals surface area contributed by atoms with Gasteiger partial charge in [-0.15, -0.1) is 0 Å². The van der Waals surface area contributed by atoms with E-state index < -0.39 is 11.4 Å². The molecule has 1 atom stereocenters. The SMILES string of the molecule is FC(F)(F)C=CC1([SiH3])CCCCO1. The van der Waals surface area contributed by atoms with E-state index in [1.807, 2.05) is 0 Å². The molecule has 1 saturated heterocycles. The molecule has 1 rings (SSSR count). The molecule has 0 aromatic carbocycles. The summed E-state index contributed by atoms with van der Waals surface area (Å²) in [6.07, 6.45) is -0.0801. The number of halogens is 3. The van der Waals surface area contributed by atoms with E-state index in [1.165, 1.54) is 6.08 Å². The smallest absolute Gasteiger partial charge is 0.376 e. The van der Waals surface area contributed by atoms with Crippen molar-refractivity contribution in [1.82, 2.24) is 0 Å². The van der Waals surface area contributed by atoms with Gasteiger partial charge >= 0.3 is 6.18 Å². The lowest BCUT2D eigenvalue weighted by Gasteiger charge is -2.31. The van der Waals surface area contributed by atoms with Crippen LogP contribution in [0.25, 0.3) is 0 Å². The van der Waals surface area contributed by atoms with E-state index in [1.54, 1.807) is 0 Å². The first-order chi connectivity index (χ1) is 5.91. The Morgan fingerprint density at radius 3 is 2.46 bits per heavy atom. The Balaban J connectivity index is 2.55. The van der Waals surface area contributed by atoms with Crippen molar-refractivity contribution in [3.63, 3.8) is 0 Å². The van der Waals surface area contributed by atoms with Gasteiger partial charge in [-0.2, -0.15) is 13.2 Å². The molecular formula is C8H13F3OSi. The van der Waals surface area contributed by atoms with Crippen molar-refractivity contribution in [3.05, 3.63) is 12.2 Å². The van der Waals surface area contributed by atoms with Gasteiger partial charge in [0.2, 0.25) is 0 Å². The monoisotopic (exact) mass is 210 g/mol. The number of ether oxygens (including phenoxy) is 1. The molecule has 0 radical (unpaired) electrons. The minimum Gasteiger partial charge on any atom is -0.376 e. The Morgan fingerprint density at radius 2 is 2.00 bits per heavy atom. The normalized spacial score (nSPS) is 31.3. The van der Waals surface area contributed by atoms with Crippen molar-refractivity contribution in [2.24, 2.45) is 0 Å². The first-order valence-corrected chi connectivity index (χ1v) is 5.32. The number of hydrogen-bond acceptors (Lipinski definition) is 1. The van der Waals surface area contributed by atoms with E-state index in [0.29, 0.717) is 22.9 Å². The maximum Gasteiger partial charge on any atom is 0.409 e. The Hall–Kier alpha value is -0.293. The van der Waals surface area contributed by atoms with Crippen molar-refractivity contribution in [3.8, 4) is 0 Å². The number of hydrogen-bond donors (Lipinski definition) is 0. The summed E-state index contributed by atoms with van der Waals surface area (Å²) in [6.45, 7) is 0.589. The standard InChI is InChI=1S/C8H13F3OSi/c9-8(10,11)5-4-7(13)3-1-2-6-12-7/h4-5H,1-3,6H2,13H3. The number of alkyl halides is 3. The summed E-state index contributed by atoms with van der Waals surface area (Å²) in [6, 6.07) is 0. The van der Waals surface area contributed by atoms with E-state index >= 15 is 0 Å². The molecule has 1 heterocycles. The van der Waals surface area contributed by atoms with Gasteiger partial charge in [-0.3, -0.25) is 0 Å². The maximum absolute atomic E-state index is 11.9. The Bertz CT molecular complexity index is 194. The van der Waals surface area contributed by atoms with Gasteiger partial charge in [0.1, 0.15) is 0 Å². The van der Waals surface area contributed by atoms with Crippen molar-refractivity contribution in [2.75, 3.05) is 6.61 Å². The molecule has 0 aromatic rings. The predicted octanol–water partition coefficient (Wildman–Crippen LogP) is 1.37. The van der Waals surface area contributed by atoms with Crippen LogP contribution in [-0.2, 0) is 4.74 Å². The van der Waals surface area contributed by atoms with Crippen LogP contribution in [0.2, 0.25) is 0 Å². The summed E-state index contributed by atoms with van der Waals surface area (Å²) < 4.78 is 40.9. The highest BCUT2D eigenvalue weighted by atomic mass is 28.1. The van der Waals surface area contributed by atoms with Crippen LogP contribution in [0.4, 0.5) is 13.2 Å². The van der Waals surface area contributed by atoms with Gasteiger partial charge < -0.3 is 4.74 Å². The lowest BCUT2D eigenvalue weighted by molar-refractivity contribution is -0.0818. The minimum atomic E-state index is -4.21. The Morgan fingerprint density at radius 1 is 1.31 bits per heavy atom. The fourth-order valence-electron chi connectivity index (χ4n) is 1.36. The molecule has 0 bridgehead atoms. The molecule has 0 N–H and O–H groups in total. The van der Waals surface area contributed by atoms with Gasteiger partial charge in [0.25, 0.3) is 0 Å². The molecule has 0 aliphatic carbocycles. The summed E-state index contributed by atoms with van der Waals surface area (Å²) >= 11 is 0. The molecule has 5 heteroatoms. The summed E-state index contributed by atoms with van der Waals surface area (Å²) in [4.78, 5) is 0. The van der Waals surface area contributed by atoms with E-state index in [0.717, 1.165) is 19.3 Å². The van der Waals surface area contributed by atoms with Crippen molar-refractivity contribution in [1.29, 1.82) is 0 Å². The zero-order valence-corrected chi connectivity index (χ0v) is 9.53. The van der Waals surface area contributed by atoms with Crippen molar-refractivity contribution in [2.45, 2.75) is 30.7 Å². The van der Waals surface area contributed by atoms with Gasteiger partial charge in [0.05, 0.1) is 5.22 Å². The highest BCUT2D eigenvalue weighted by Crippen LogP contribution is 2.25. The highest BCUT2D eigenvalue weighted by molar-refractivity contribution is 6.16. The molecule has 1 unspecified atom stereocenters. The zero-order chi connectivity index (χ0) is 9.95. The second-order valence-electron chi connectivity index (χ2n) is 3.49. The molecule has 0 spiro atoms. The maximum atomic E-state index is 11.9. The molecule has 1 aliphatic rings. The first-order valence-electron chi connectivity index (χ1n) is 4.32. The van der Waals surface area contributed by atoms with E-state index in [2.05, 4.69) is 0 Å². The van der Waals surface area contributed by atoms with Crippen LogP contribution >= 0.6 is 0 Å². The van der Waals surface area contributed by atoms with Crippen molar-refractivity contribution < 1.29 is 17.9 Å². The van der Waals surface area contributed by atoms with Gasteiger partial charge in [-0.1, -0.05) is 6.08 Å². The van der Waals surface area contributed by atoms with Crippen LogP contribution in [0.1, 0.15) is 19.3 Å². The molecular weight excluding hydrogens is 197 g/mol. The first kappa shape index (κ1) is 10.8. The number of allylic oxidation sites excluding steroid dienone is 1.